The predicted molar refractivity (Wildman–Crippen MR) is 146 cm³/mol. The third-order valence-electron chi connectivity index (χ3n) is 6.33. The van der Waals surface area contributed by atoms with Crippen molar-refractivity contribution >= 4 is 28.8 Å². The quantitative estimate of drug-likeness (QED) is 0.233. The van der Waals surface area contributed by atoms with Crippen LogP contribution in [0.1, 0.15) is 20.8 Å². The molecule has 8 atom stereocenters. The molecule has 0 saturated carbocycles. The normalized spacial score (nSPS) is 31.1. The Bertz CT molecular complexity index is 780. The van der Waals surface area contributed by atoms with Crippen molar-refractivity contribution in [1.29, 1.82) is 0 Å². The number of carbonyl (C=O) groups excluding carboxylic acids is 3. The van der Waals surface area contributed by atoms with E-state index in [2.05, 4.69) is 45.4 Å². The molecule has 40 heavy (non-hydrogen) atoms. The molecule has 4 saturated heterocycles. The molecular formula is C27H42ClNO11. The van der Waals surface area contributed by atoms with Crippen LogP contribution in [-0.4, -0.2) is 127 Å². The largest absolute Gasteiger partial charge is 0.454 e. The van der Waals surface area contributed by atoms with Gasteiger partial charge in [-0.1, -0.05) is 40.5 Å². The molecule has 12 nitrogen and oxygen atoms in total. The van der Waals surface area contributed by atoms with Gasteiger partial charge in [0.1, 0.15) is 36.6 Å². The van der Waals surface area contributed by atoms with E-state index in [1.165, 1.54) is 19.6 Å². The molecule has 0 spiro atoms. The van der Waals surface area contributed by atoms with E-state index in [4.69, 9.17) is 50.2 Å². The number of aliphatic hydroxyl groups is 2. The molecule has 0 aliphatic carbocycles. The Kier molecular flexibility index (Phi) is 17.1. The summed E-state index contributed by atoms with van der Waals surface area (Å²) >= 11 is 4.71. The van der Waals surface area contributed by atoms with Crippen molar-refractivity contribution in [3.05, 3.63) is 38.0 Å². The number of halogens is 1. The van der Waals surface area contributed by atoms with Gasteiger partial charge in [0.15, 0.2) is 12.2 Å². The van der Waals surface area contributed by atoms with Gasteiger partial charge in [-0.2, -0.15) is 0 Å². The number of nitrogens with zero attached hydrogens (tertiary/aromatic N) is 1. The van der Waals surface area contributed by atoms with E-state index >= 15 is 0 Å². The molecule has 4 aliphatic heterocycles. The van der Waals surface area contributed by atoms with Crippen LogP contribution < -0.4 is 0 Å². The van der Waals surface area contributed by atoms with Crippen molar-refractivity contribution < 1.29 is 53.0 Å². The summed E-state index contributed by atoms with van der Waals surface area (Å²) < 4.78 is 31.2. The van der Waals surface area contributed by atoms with Gasteiger partial charge in [-0.05, 0) is 37.3 Å². The van der Waals surface area contributed by atoms with Gasteiger partial charge < -0.3 is 43.5 Å². The Morgan fingerprint density at radius 2 is 1.05 bits per heavy atom. The molecule has 0 bridgehead atoms. The first kappa shape index (κ1) is 35.9. The molecule has 0 radical (unpaired) electrons. The van der Waals surface area contributed by atoms with Gasteiger partial charge in [0, 0.05) is 12.2 Å². The average molecular weight is 592 g/mol. The van der Waals surface area contributed by atoms with E-state index in [0.29, 0.717) is 0 Å². The minimum Gasteiger partial charge on any atom is -0.454 e. The fraction of sp³-hybridized carbons (Fsp3) is 0.667. The number of fused-ring (bicyclic) bond motifs is 2. The first-order valence-corrected chi connectivity index (χ1v) is 13.5. The number of ether oxygens (including phenoxy) is 6. The Hall–Kier alpha value is -2.16. The monoisotopic (exact) mass is 591 g/mol. The molecule has 4 aliphatic rings. The summed E-state index contributed by atoms with van der Waals surface area (Å²) in [5, 5.41) is 17.8. The van der Waals surface area contributed by atoms with E-state index in [1.807, 2.05) is 0 Å². The van der Waals surface area contributed by atoms with Crippen LogP contribution in [0, 0.1) is 0 Å². The highest BCUT2D eigenvalue weighted by molar-refractivity contribution is 6.66. The van der Waals surface area contributed by atoms with Crippen molar-refractivity contribution in [2.45, 2.75) is 69.6 Å². The Morgan fingerprint density at radius 3 is 1.30 bits per heavy atom. The molecule has 4 rings (SSSR count). The molecule has 13 heteroatoms. The van der Waals surface area contributed by atoms with E-state index in [0.717, 1.165) is 18.2 Å². The topological polar surface area (TPSA) is 150 Å². The maximum Gasteiger partial charge on any atom is 0.330 e. The first-order valence-electron chi connectivity index (χ1n) is 13.1. The van der Waals surface area contributed by atoms with E-state index in [-0.39, 0.29) is 38.6 Å². The predicted octanol–water partition coefficient (Wildman–Crippen LogP) is 0.771. The van der Waals surface area contributed by atoms with Crippen LogP contribution in [0.25, 0.3) is 0 Å². The van der Waals surface area contributed by atoms with Crippen LogP contribution in [0.5, 0.6) is 0 Å². The third-order valence-corrected chi connectivity index (χ3v) is 6.49. The van der Waals surface area contributed by atoms with Gasteiger partial charge in [-0.3, -0.25) is 4.79 Å². The number of allylic oxidation sites excluding steroid dienone is 1. The highest BCUT2D eigenvalue weighted by Gasteiger charge is 2.51. The van der Waals surface area contributed by atoms with Crippen LogP contribution in [0.4, 0.5) is 0 Å². The van der Waals surface area contributed by atoms with E-state index in [1.54, 1.807) is 0 Å². The smallest absolute Gasteiger partial charge is 0.330 e. The van der Waals surface area contributed by atoms with Crippen LogP contribution in [0.3, 0.4) is 0 Å². The third kappa shape index (κ3) is 11.4. The summed E-state index contributed by atoms with van der Waals surface area (Å²) in [5.41, 5.74) is 0. The number of hydrogen-bond acceptors (Lipinski definition) is 12. The standard InChI is InChI=1S/C12H14O6.C6H15N.C6H10O4.C3H3ClO/c1-3-9(13)17-7-5-15-12-8(6-16-11(7)12)18-10(14)4-2;1-4-7(5-2)6-3;7-3-1-9-6-4(8)2-10-5(3)6;1-2-3(4)5/h3-4,7-8,11-12H,1-2,5-6H2;4-6H2,1-3H3;3-8H,1-2H2;2H,1H2/t7-,8+,11?,12?;;3-,4+,5?,6?;. The van der Waals surface area contributed by atoms with Gasteiger partial charge in [-0.15, -0.1) is 0 Å². The second kappa shape index (κ2) is 19.1. The van der Waals surface area contributed by atoms with Crippen LogP contribution in [-0.2, 0) is 42.8 Å². The summed E-state index contributed by atoms with van der Waals surface area (Å²) in [7, 11) is 0. The molecule has 0 aromatic rings. The van der Waals surface area contributed by atoms with Gasteiger partial charge in [-0.25, -0.2) is 9.59 Å². The molecule has 4 fully saturated rings. The van der Waals surface area contributed by atoms with E-state index < -0.39 is 53.8 Å². The average Bonchev–Trinajstić information content (AvgIpc) is 3.72. The van der Waals surface area contributed by atoms with Crippen molar-refractivity contribution in [2.24, 2.45) is 0 Å². The second-order valence-corrected chi connectivity index (χ2v) is 9.19. The number of hydrogen-bond donors (Lipinski definition) is 2. The lowest BCUT2D eigenvalue weighted by atomic mass is 10.1. The second-order valence-electron chi connectivity index (χ2n) is 8.81. The number of aliphatic hydroxyl groups excluding tert-OH is 2. The summed E-state index contributed by atoms with van der Waals surface area (Å²) in [6, 6.07) is 0. The summed E-state index contributed by atoms with van der Waals surface area (Å²) in [6.07, 6.45) is -0.292. The van der Waals surface area contributed by atoms with Gasteiger partial charge in [0.2, 0.25) is 5.24 Å². The number of esters is 2. The SMILES string of the molecule is C=CC(=O)Cl.C=CC(=O)O[C@H]1COC2C1OC[C@H]2OC(=O)C=C.CCN(CC)CC.O[C@@H]1COC2C1OC[C@@H]2O. The number of rotatable bonds is 8. The van der Waals surface area contributed by atoms with Gasteiger partial charge in [0.05, 0.1) is 26.4 Å². The minimum absolute atomic E-state index is 0.219. The Morgan fingerprint density at radius 1 is 0.725 bits per heavy atom. The van der Waals surface area contributed by atoms with Gasteiger partial charge in [0.25, 0.3) is 0 Å². The van der Waals surface area contributed by atoms with Crippen molar-refractivity contribution in [1.82, 2.24) is 4.90 Å². The molecule has 2 N–H and O–H groups in total. The van der Waals surface area contributed by atoms with Gasteiger partial charge >= 0.3 is 11.9 Å². The highest BCUT2D eigenvalue weighted by Crippen LogP contribution is 2.30. The zero-order chi connectivity index (χ0) is 30.2. The van der Waals surface area contributed by atoms with Crippen LogP contribution >= 0.6 is 11.6 Å². The Balaban J connectivity index is 0.000000305. The highest BCUT2D eigenvalue weighted by atomic mass is 35.5. The van der Waals surface area contributed by atoms with E-state index in [9.17, 15) is 14.4 Å². The number of carbonyl (C=O) groups is 3. The molecule has 0 amide bonds. The molecule has 0 aromatic heterocycles. The fourth-order valence-corrected chi connectivity index (χ4v) is 4.16. The van der Waals surface area contributed by atoms with Crippen LogP contribution in [0.15, 0.2) is 38.0 Å². The maximum atomic E-state index is 11.1. The fourth-order valence-electron chi connectivity index (χ4n) is 4.16. The van der Waals surface area contributed by atoms with Crippen molar-refractivity contribution in [3.8, 4) is 0 Å². The minimum atomic E-state index is -0.554. The van der Waals surface area contributed by atoms with Crippen molar-refractivity contribution in [2.75, 3.05) is 46.1 Å². The summed E-state index contributed by atoms with van der Waals surface area (Å²) in [4.78, 5) is 34.1. The first-order chi connectivity index (χ1) is 19.1. The molecule has 4 heterocycles. The molecular weight excluding hydrogens is 550 g/mol. The zero-order valence-electron chi connectivity index (χ0n) is 23.3. The Labute approximate surface area is 240 Å². The molecule has 228 valence electrons. The zero-order valence-corrected chi connectivity index (χ0v) is 24.1. The van der Waals surface area contributed by atoms with Crippen LogP contribution in [0.2, 0.25) is 0 Å². The summed E-state index contributed by atoms with van der Waals surface area (Å²) in [6.45, 7) is 20.8. The maximum absolute atomic E-state index is 11.1. The lowest BCUT2D eigenvalue weighted by Crippen LogP contribution is -2.35. The molecule has 0 aromatic carbocycles. The lowest BCUT2D eigenvalue weighted by Gasteiger charge is -2.16. The van der Waals surface area contributed by atoms with Crippen molar-refractivity contribution in [3.63, 3.8) is 0 Å². The molecule has 4 unspecified atom stereocenters. The summed E-state index contributed by atoms with van der Waals surface area (Å²) in [5.74, 6) is -1.06. The lowest BCUT2D eigenvalue weighted by molar-refractivity contribution is -0.149.